The lowest BCUT2D eigenvalue weighted by atomic mass is 9.59. The number of hydrogen-bond acceptors (Lipinski definition) is 2. The summed E-state index contributed by atoms with van der Waals surface area (Å²) in [6, 6.07) is 0. The molecule has 0 unspecified atom stereocenters. The van der Waals surface area contributed by atoms with E-state index in [2.05, 4.69) is 13.0 Å². The third-order valence-corrected chi connectivity index (χ3v) is 4.89. The molecule has 17 heavy (non-hydrogen) atoms. The smallest absolute Gasteiger partial charge is 0.142 e. The number of Topliss-reactive ketones (excluding diaryl/α,β-unsaturated/α-hetero) is 1. The van der Waals surface area contributed by atoms with Crippen LogP contribution in [0.5, 0.6) is 0 Å². The first kappa shape index (κ1) is 12.8. The van der Waals surface area contributed by atoms with Crippen LogP contribution in [-0.4, -0.2) is 16.5 Å². The summed E-state index contributed by atoms with van der Waals surface area (Å²) >= 11 is 0. The standard InChI is InChI=1S/C15H24O2/c1-13(2)11-5-8-15(4,17)10-9-14(11,3)7-6-12(13)16/h5,17H,6-10H2,1-4H3/t14-,15-/m1/s1. The molecule has 1 N–H and O–H groups in total. The van der Waals surface area contributed by atoms with Gasteiger partial charge in [-0.05, 0) is 51.9 Å². The van der Waals surface area contributed by atoms with E-state index in [1.165, 1.54) is 5.57 Å². The molecule has 0 heterocycles. The second kappa shape index (κ2) is 3.68. The Morgan fingerprint density at radius 1 is 1.12 bits per heavy atom. The number of fused-ring (bicyclic) bond motifs is 1. The predicted molar refractivity (Wildman–Crippen MR) is 68.7 cm³/mol. The van der Waals surface area contributed by atoms with Crippen molar-refractivity contribution in [3.63, 3.8) is 0 Å². The Labute approximate surface area is 104 Å². The van der Waals surface area contributed by atoms with Gasteiger partial charge in [0.2, 0.25) is 0 Å². The van der Waals surface area contributed by atoms with Crippen molar-refractivity contribution in [2.45, 2.75) is 65.4 Å². The molecule has 0 aromatic carbocycles. The second-order valence-corrected chi connectivity index (χ2v) is 6.93. The molecule has 2 aliphatic carbocycles. The van der Waals surface area contributed by atoms with E-state index >= 15 is 0 Å². The quantitative estimate of drug-likeness (QED) is 0.656. The van der Waals surface area contributed by atoms with Gasteiger partial charge >= 0.3 is 0 Å². The summed E-state index contributed by atoms with van der Waals surface area (Å²) in [6.45, 7) is 8.24. The Morgan fingerprint density at radius 2 is 1.76 bits per heavy atom. The molecule has 0 aromatic rings. The van der Waals surface area contributed by atoms with Crippen molar-refractivity contribution in [2.75, 3.05) is 0 Å². The van der Waals surface area contributed by atoms with E-state index in [9.17, 15) is 9.90 Å². The highest BCUT2D eigenvalue weighted by molar-refractivity contribution is 5.88. The lowest BCUT2D eigenvalue weighted by Crippen LogP contribution is -2.40. The Kier molecular flexibility index (Phi) is 2.77. The molecule has 2 nitrogen and oxygen atoms in total. The molecule has 0 saturated heterocycles. The third kappa shape index (κ3) is 2.08. The molecular formula is C15H24O2. The van der Waals surface area contributed by atoms with Gasteiger partial charge in [0.05, 0.1) is 5.60 Å². The van der Waals surface area contributed by atoms with Crippen molar-refractivity contribution in [2.24, 2.45) is 10.8 Å². The Hall–Kier alpha value is -0.630. The molecule has 2 aliphatic rings. The molecule has 96 valence electrons. The number of hydrogen-bond donors (Lipinski definition) is 1. The molecule has 0 bridgehead atoms. The Balaban J connectivity index is 2.43. The molecule has 0 aliphatic heterocycles. The summed E-state index contributed by atoms with van der Waals surface area (Å²) in [5.41, 5.74) is 0.427. The maximum Gasteiger partial charge on any atom is 0.142 e. The molecule has 2 atom stereocenters. The van der Waals surface area contributed by atoms with Gasteiger partial charge < -0.3 is 5.11 Å². The minimum atomic E-state index is -0.605. The summed E-state index contributed by atoms with van der Waals surface area (Å²) in [5.74, 6) is 0.350. The highest BCUT2D eigenvalue weighted by Crippen LogP contribution is 2.53. The summed E-state index contributed by atoms with van der Waals surface area (Å²) in [4.78, 5) is 12.1. The van der Waals surface area contributed by atoms with Crippen LogP contribution in [0.15, 0.2) is 11.6 Å². The van der Waals surface area contributed by atoms with Crippen LogP contribution >= 0.6 is 0 Å². The van der Waals surface area contributed by atoms with E-state index in [0.717, 1.165) is 19.3 Å². The number of aliphatic hydroxyl groups is 1. The summed E-state index contributed by atoms with van der Waals surface area (Å²) in [6.07, 6.45) is 6.26. The van der Waals surface area contributed by atoms with Gasteiger partial charge in [0.15, 0.2) is 0 Å². The van der Waals surface area contributed by atoms with Crippen molar-refractivity contribution in [3.8, 4) is 0 Å². The zero-order valence-electron chi connectivity index (χ0n) is 11.5. The predicted octanol–water partition coefficient (Wildman–Crippen LogP) is 3.24. The van der Waals surface area contributed by atoms with Gasteiger partial charge in [-0.3, -0.25) is 4.79 Å². The van der Waals surface area contributed by atoms with Crippen LogP contribution in [0.4, 0.5) is 0 Å². The molecule has 0 spiro atoms. The monoisotopic (exact) mass is 236 g/mol. The van der Waals surface area contributed by atoms with E-state index in [-0.39, 0.29) is 10.8 Å². The number of ketones is 1. The molecular weight excluding hydrogens is 212 g/mol. The van der Waals surface area contributed by atoms with Gasteiger partial charge in [-0.1, -0.05) is 18.6 Å². The van der Waals surface area contributed by atoms with Crippen molar-refractivity contribution in [1.29, 1.82) is 0 Å². The van der Waals surface area contributed by atoms with Crippen LogP contribution < -0.4 is 0 Å². The second-order valence-electron chi connectivity index (χ2n) is 6.93. The zero-order chi connectivity index (χ0) is 12.9. The van der Waals surface area contributed by atoms with E-state index in [1.54, 1.807) is 0 Å². The van der Waals surface area contributed by atoms with E-state index < -0.39 is 5.60 Å². The minimum absolute atomic E-state index is 0.109. The molecule has 0 amide bonds. The lowest BCUT2D eigenvalue weighted by Gasteiger charge is -2.44. The molecule has 0 aromatic heterocycles. The Bertz CT molecular complexity index is 376. The van der Waals surface area contributed by atoms with Crippen LogP contribution in [0.25, 0.3) is 0 Å². The molecule has 1 saturated carbocycles. The normalized spacial score (nSPS) is 41.5. The fraction of sp³-hybridized carbons (Fsp3) is 0.800. The number of allylic oxidation sites excluding steroid dienone is 1. The zero-order valence-corrected chi connectivity index (χ0v) is 11.5. The van der Waals surface area contributed by atoms with Gasteiger partial charge in [-0.25, -0.2) is 0 Å². The molecule has 0 radical (unpaired) electrons. The average molecular weight is 236 g/mol. The molecule has 1 fully saturated rings. The van der Waals surface area contributed by atoms with E-state index in [0.29, 0.717) is 18.6 Å². The van der Waals surface area contributed by atoms with Gasteiger partial charge in [0.1, 0.15) is 5.78 Å². The average Bonchev–Trinajstić information content (AvgIpc) is 2.33. The highest BCUT2D eigenvalue weighted by atomic mass is 16.3. The topological polar surface area (TPSA) is 37.3 Å². The molecule has 2 rings (SSSR count). The number of carbonyl (C=O) groups excluding carboxylic acids is 1. The van der Waals surface area contributed by atoms with Crippen LogP contribution in [0, 0.1) is 10.8 Å². The summed E-state index contributed by atoms with van der Waals surface area (Å²) < 4.78 is 0. The largest absolute Gasteiger partial charge is 0.390 e. The number of carbonyl (C=O) groups is 1. The first-order valence-corrected chi connectivity index (χ1v) is 6.64. The van der Waals surface area contributed by atoms with Crippen LogP contribution in [0.2, 0.25) is 0 Å². The van der Waals surface area contributed by atoms with Crippen molar-refractivity contribution < 1.29 is 9.90 Å². The summed E-state index contributed by atoms with van der Waals surface area (Å²) in [7, 11) is 0. The van der Waals surface area contributed by atoms with Gasteiger partial charge in [-0.15, -0.1) is 0 Å². The first-order valence-electron chi connectivity index (χ1n) is 6.64. The van der Waals surface area contributed by atoms with Crippen molar-refractivity contribution in [3.05, 3.63) is 11.6 Å². The van der Waals surface area contributed by atoms with Gasteiger partial charge in [0.25, 0.3) is 0 Å². The van der Waals surface area contributed by atoms with Crippen LogP contribution in [-0.2, 0) is 4.79 Å². The maximum atomic E-state index is 12.1. The molecule has 2 heteroatoms. The van der Waals surface area contributed by atoms with Crippen molar-refractivity contribution in [1.82, 2.24) is 0 Å². The van der Waals surface area contributed by atoms with Crippen LogP contribution in [0.1, 0.15) is 59.8 Å². The maximum absolute atomic E-state index is 12.1. The van der Waals surface area contributed by atoms with Crippen molar-refractivity contribution >= 4 is 5.78 Å². The SMILES string of the molecule is CC1(C)C(=O)CC[C@]2(C)CC[C@](C)(O)CC=C12. The van der Waals surface area contributed by atoms with Crippen LogP contribution in [0.3, 0.4) is 0 Å². The number of rotatable bonds is 0. The van der Waals surface area contributed by atoms with Gasteiger partial charge in [-0.2, -0.15) is 0 Å². The first-order chi connectivity index (χ1) is 7.67. The fourth-order valence-corrected chi connectivity index (χ4v) is 3.47. The summed E-state index contributed by atoms with van der Waals surface area (Å²) in [5, 5.41) is 10.2. The third-order valence-electron chi connectivity index (χ3n) is 4.89. The lowest BCUT2D eigenvalue weighted by molar-refractivity contribution is -0.128. The minimum Gasteiger partial charge on any atom is -0.390 e. The highest BCUT2D eigenvalue weighted by Gasteiger charge is 2.47. The van der Waals surface area contributed by atoms with E-state index in [4.69, 9.17) is 0 Å². The van der Waals surface area contributed by atoms with Gasteiger partial charge in [0, 0.05) is 11.8 Å². The van der Waals surface area contributed by atoms with E-state index in [1.807, 2.05) is 20.8 Å². The Morgan fingerprint density at radius 3 is 2.41 bits per heavy atom. The fourth-order valence-electron chi connectivity index (χ4n) is 3.47.